The summed E-state index contributed by atoms with van der Waals surface area (Å²) in [5.74, 6) is 0.359. The van der Waals surface area contributed by atoms with E-state index >= 15 is 0 Å². The van der Waals surface area contributed by atoms with Gasteiger partial charge in [0.25, 0.3) is 0 Å². The molecule has 1 saturated heterocycles. The van der Waals surface area contributed by atoms with Gasteiger partial charge in [-0.1, -0.05) is 13.0 Å². The van der Waals surface area contributed by atoms with Crippen LogP contribution in [0.4, 0.5) is 5.69 Å². The molecular formula is C14H18N6O. The average molecular weight is 286 g/mol. The first-order valence-electron chi connectivity index (χ1n) is 7.12. The normalized spacial score (nSPS) is 22.0. The van der Waals surface area contributed by atoms with Gasteiger partial charge < -0.3 is 10.6 Å². The summed E-state index contributed by atoms with van der Waals surface area (Å²) >= 11 is 0. The van der Waals surface area contributed by atoms with E-state index in [1.807, 2.05) is 24.3 Å². The van der Waals surface area contributed by atoms with Crippen LogP contribution in [0, 0.1) is 5.92 Å². The van der Waals surface area contributed by atoms with Crippen molar-refractivity contribution in [1.82, 2.24) is 25.5 Å². The summed E-state index contributed by atoms with van der Waals surface area (Å²) in [5, 5.41) is 17.3. The lowest BCUT2D eigenvalue weighted by Gasteiger charge is -2.28. The van der Waals surface area contributed by atoms with Gasteiger partial charge in [0.05, 0.1) is 11.7 Å². The number of carbonyl (C=O) groups is 1. The molecule has 2 N–H and O–H groups in total. The quantitative estimate of drug-likeness (QED) is 0.879. The van der Waals surface area contributed by atoms with Crippen molar-refractivity contribution in [2.45, 2.75) is 25.8 Å². The maximum Gasteiger partial charge on any atom is 0.241 e. The second kappa shape index (κ2) is 6.01. The Balaban J connectivity index is 1.73. The third-order valence-corrected chi connectivity index (χ3v) is 3.78. The van der Waals surface area contributed by atoms with Gasteiger partial charge in [0.1, 0.15) is 6.33 Å². The van der Waals surface area contributed by atoms with E-state index in [-0.39, 0.29) is 11.9 Å². The number of nitrogens with zero attached hydrogens (tertiary/aromatic N) is 4. The number of anilines is 1. The van der Waals surface area contributed by atoms with Gasteiger partial charge in [-0.15, -0.1) is 5.10 Å². The van der Waals surface area contributed by atoms with Gasteiger partial charge in [-0.25, -0.2) is 4.68 Å². The molecule has 1 aromatic carbocycles. The molecule has 2 unspecified atom stereocenters. The topological polar surface area (TPSA) is 84.7 Å². The molecular weight excluding hydrogens is 268 g/mol. The average Bonchev–Trinajstić information content (AvgIpc) is 3.02. The largest absolute Gasteiger partial charge is 0.325 e. The number of tetrazole rings is 1. The van der Waals surface area contributed by atoms with Crippen molar-refractivity contribution in [2.24, 2.45) is 5.92 Å². The van der Waals surface area contributed by atoms with Crippen LogP contribution in [0.25, 0.3) is 5.69 Å². The molecule has 0 bridgehead atoms. The second-order valence-corrected chi connectivity index (χ2v) is 5.35. The molecule has 0 aliphatic carbocycles. The Kier molecular flexibility index (Phi) is 3.92. The molecule has 2 heterocycles. The van der Waals surface area contributed by atoms with E-state index in [0.717, 1.165) is 30.8 Å². The first-order chi connectivity index (χ1) is 10.2. The van der Waals surface area contributed by atoms with E-state index in [1.54, 1.807) is 4.68 Å². The summed E-state index contributed by atoms with van der Waals surface area (Å²) < 4.78 is 1.55. The fourth-order valence-electron chi connectivity index (χ4n) is 2.63. The summed E-state index contributed by atoms with van der Waals surface area (Å²) in [4.78, 5) is 12.4. The summed E-state index contributed by atoms with van der Waals surface area (Å²) in [6, 6.07) is 7.33. The van der Waals surface area contributed by atoms with Gasteiger partial charge in [0, 0.05) is 5.69 Å². The smallest absolute Gasteiger partial charge is 0.241 e. The molecule has 21 heavy (non-hydrogen) atoms. The number of hydrogen-bond donors (Lipinski definition) is 2. The maximum absolute atomic E-state index is 12.4. The molecule has 1 aromatic heterocycles. The highest BCUT2D eigenvalue weighted by Gasteiger charge is 2.27. The number of piperidine rings is 1. The summed E-state index contributed by atoms with van der Waals surface area (Å²) in [6.07, 6.45) is 3.72. The Morgan fingerprint density at radius 2 is 2.38 bits per heavy atom. The Bertz CT molecular complexity index is 612. The lowest BCUT2D eigenvalue weighted by Crippen LogP contribution is -2.48. The van der Waals surface area contributed by atoms with Gasteiger partial charge in [0.15, 0.2) is 0 Å². The third kappa shape index (κ3) is 3.08. The van der Waals surface area contributed by atoms with Crippen molar-refractivity contribution < 1.29 is 4.79 Å². The fraction of sp³-hybridized carbons (Fsp3) is 0.429. The van der Waals surface area contributed by atoms with Crippen LogP contribution in [0.3, 0.4) is 0 Å². The molecule has 7 nitrogen and oxygen atoms in total. The molecule has 0 spiro atoms. The van der Waals surface area contributed by atoms with Crippen LogP contribution in [0.15, 0.2) is 30.6 Å². The SMILES string of the molecule is CC1CCCNC1C(=O)Nc1cccc(-n2cnnn2)c1. The zero-order chi connectivity index (χ0) is 14.7. The van der Waals surface area contributed by atoms with Crippen molar-refractivity contribution in [3.8, 4) is 5.69 Å². The Morgan fingerprint density at radius 1 is 1.48 bits per heavy atom. The fourth-order valence-corrected chi connectivity index (χ4v) is 2.63. The molecule has 2 aromatic rings. The van der Waals surface area contributed by atoms with Gasteiger partial charge >= 0.3 is 0 Å². The van der Waals surface area contributed by atoms with Gasteiger partial charge in [-0.05, 0) is 53.9 Å². The van der Waals surface area contributed by atoms with E-state index in [1.165, 1.54) is 6.33 Å². The summed E-state index contributed by atoms with van der Waals surface area (Å²) in [6.45, 7) is 3.00. The van der Waals surface area contributed by atoms with Crippen molar-refractivity contribution in [3.05, 3.63) is 30.6 Å². The summed E-state index contributed by atoms with van der Waals surface area (Å²) in [5.41, 5.74) is 1.55. The second-order valence-electron chi connectivity index (χ2n) is 5.35. The Morgan fingerprint density at radius 3 is 3.14 bits per heavy atom. The molecule has 1 aliphatic rings. The lowest BCUT2D eigenvalue weighted by atomic mass is 9.92. The number of nitrogens with one attached hydrogen (secondary N) is 2. The van der Waals surface area contributed by atoms with E-state index in [2.05, 4.69) is 33.1 Å². The number of rotatable bonds is 3. The number of benzene rings is 1. The minimum absolute atomic E-state index is 0.0102. The van der Waals surface area contributed by atoms with Gasteiger partial charge in [-0.3, -0.25) is 4.79 Å². The zero-order valence-electron chi connectivity index (χ0n) is 11.9. The van der Waals surface area contributed by atoms with Crippen LogP contribution in [0.2, 0.25) is 0 Å². The van der Waals surface area contributed by atoms with Gasteiger partial charge in [-0.2, -0.15) is 0 Å². The van der Waals surface area contributed by atoms with E-state index < -0.39 is 0 Å². The molecule has 110 valence electrons. The van der Waals surface area contributed by atoms with Crippen molar-refractivity contribution in [3.63, 3.8) is 0 Å². The zero-order valence-corrected chi connectivity index (χ0v) is 11.9. The predicted molar refractivity (Wildman–Crippen MR) is 78.0 cm³/mol. The van der Waals surface area contributed by atoms with Crippen LogP contribution in [-0.2, 0) is 4.79 Å². The number of aromatic nitrogens is 4. The first-order valence-corrected chi connectivity index (χ1v) is 7.12. The van der Waals surface area contributed by atoms with E-state index in [4.69, 9.17) is 0 Å². The molecule has 1 fully saturated rings. The van der Waals surface area contributed by atoms with Crippen LogP contribution >= 0.6 is 0 Å². The minimum Gasteiger partial charge on any atom is -0.325 e. The first kappa shape index (κ1) is 13.7. The van der Waals surface area contributed by atoms with E-state index in [0.29, 0.717) is 5.92 Å². The van der Waals surface area contributed by atoms with E-state index in [9.17, 15) is 4.79 Å². The number of carbonyl (C=O) groups excluding carboxylic acids is 1. The van der Waals surface area contributed by atoms with Gasteiger partial charge in [0.2, 0.25) is 5.91 Å². The molecule has 2 atom stereocenters. The van der Waals surface area contributed by atoms with Crippen molar-refractivity contribution >= 4 is 11.6 Å². The highest BCUT2D eigenvalue weighted by atomic mass is 16.2. The van der Waals surface area contributed by atoms with Crippen molar-refractivity contribution in [1.29, 1.82) is 0 Å². The predicted octanol–water partition coefficient (Wildman–Crippen LogP) is 0.989. The highest BCUT2D eigenvalue weighted by molar-refractivity contribution is 5.95. The third-order valence-electron chi connectivity index (χ3n) is 3.78. The van der Waals surface area contributed by atoms with Crippen LogP contribution < -0.4 is 10.6 Å². The molecule has 1 aliphatic heterocycles. The molecule has 0 saturated carbocycles. The summed E-state index contributed by atoms with van der Waals surface area (Å²) in [7, 11) is 0. The standard InChI is InChI=1S/C14H18N6O/c1-10-4-3-7-15-13(10)14(21)17-11-5-2-6-12(8-11)20-9-16-18-19-20/h2,5-6,8-10,13,15H,3-4,7H2,1H3,(H,17,21). The number of hydrogen-bond acceptors (Lipinski definition) is 5. The lowest BCUT2D eigenvalue weighted by molar-refractivity contribution is -0.119. The van der Waals surface area contributed by atoms with Crippen LogP contribution in [0.1, 0.15) is 19.8 Å². The van der Waals surface area contributed by atoms with Crippen molar-refractivity contribution in [2.75, 3.05) is 11.9 Å². The van der Waals surface area contributed by atoms with Crippen LogP contribution in [0.5, 0.6) is 0 Å². The molecule has 3 rings (SSSR count). The molecule has 1 amide bonds. The highest BCUT2D eigenvalue weighted by Crippen LogP contribution is 2.18. The maximum atomic E-state index is 12.4. The monoisotopic (exact) mass is 286 g/mol. The Labute approximate surface area is 122 Å². The van der Waals surface area contributed by atoms with Crippen LogP contribution in [-0.4, -0.2) is 38.7 Å². The molecule has 0 radical (unpaired) electrons. The molecule has 7 heteroatoms. The number of amides is 1. The Hall–Kier alpha value is -2.28. The minimum atomic E-state index is -0.129.